The Balaban J connectivity index is 1.81. The van der Waals surface area contributed by atoms with E-state index in [9.17, 15) is 14.7 Å². The summed E-state index contributed by atoms with van der Waals surface area (Å²) in [6.07, 6.45) is -0.896. The van der Waals surface area contributed by atoms with Gasteiger partial charge in [0.2, 0.25) is 0 Å². The zero-order valence-electron chi connectivity index (χ0n) is 12.8. The number of urea groups is 1. The fourth-order valence-corrected chi connectivity index (χ4v) is 2.77. The highest BCUT2D eigenvalue weighted by Crippen LogP contribution is 2.27. The van der Waals surface area contributed by atoms with E-state index in [0.29, 0.717) is 11.3 Å². The van der Waals surface area contributed by atoms with Gasteiger partial charge in [-0.3, -0.25) is 14.6 Å². The standard InChI is InChI=1S/C18H18N2O3/c1-13-17(22)19(12-16(21)14-8-4-2-5-9-14)18(23)20(13)15-10-6-3-7-11-15/h2-11,13,16,21H,12H2,1H3/t13-,16+/m0/s1. The van der Waals surface area contributed by atoms with Crippen LogP contribution >= 0.6 is 0 Å². The van der Waals surface area contributed by atoms with E-state index < -0.39 is 18.2 Å². The second kappa shape index (κ2) is 6.22. The van der Waals surface area contributed by atoms with Gasteiger partial charge in [-0.05, 0) is 24.6 Å². The fourth-order valence-electron chi connectivity index (χ4n) is 2.77. The van der Waals surface area contributed by atoms with Gasteiger partial charge in [0.15, 0.2) is 0 Å². The minimum absolute atomic E-state index is 0.0463. The number of amides is 3. The average molecular weight is 310 g/mol. The normalized spacial score (nSPS) is 19.3. The van der Waals surface area contributed by atoms with Gasteiger partial charge < -0.3 is 5.11 Å². The summed E-state index contributed by atoms with van der Waals surface area (Å²) in [5, 5.41) is 10.3. The summed E-state index contributed by atoms with van der Waals surface area (Å²) in [6, 6.07) is 17.1. The summed E-state index contributed by atoms with van der Waals surface area (Å²) >= 11 is 0. The maximum absolute atomic E-state index is 12.6. The number of hydrogen-bond donors (Lipinski definition) is 1. The molecule has 0 aromatic heterocycles. The van der Waals surface area contributed by atoms with Crippen molar-refractivity contribution >= 4 is 17.6 Å². The van der Waals surface area contributed by atoms with Crippen molar-refractivity contribution in [2.24, 2.45) is 0 Å². The van der Waals surface area contributed by atoms with E-state index in [0.717, 1.165) is 4.90 Å². The number of para-hydroxylation sites is 1. The molecule has 1 aliphatic rings. The predicted molar refractivity (Wildman–Crippen MR) is 86.9 cm³/mol. The quantitative estimate of drug-likeness (QED) is 0.883. The van der Waals surface area contributed by atoms with Gasteiger partial charge in [0, 0.05) is 5.69 Å². The number of nitrogens with zero attached hydrogens (tertiary/aromatic N) is 2. The first kappa shape index (κ1) is 15.2. The van der Waals surface area contributed by atoms with Crippen LogP contribution in [0.2, 0.25) is 0 Å². The van der Waals surface area contributed by atoms with Crippen LogP contribution in [0.1, 0.15) is 18.6 Å². The van der Waals surface area contributed by atoms with E-state index in [1.807, 2.05) is 36.4 Å². The van der Waals surface area contributed by atoms with E-state index in [1.54, 1.807) is 31.2 Å². The Bertz CT molecular complexity index is 703. The number of hydrogen-bond acceptors (Lipinski definition) is 3. The Labute approximate surface area is 134 Å². The van der Waals surface area contributed by atoms with Crippen molar-refractivity contribution in [2.45, 2.75) is 19.1 Å². The topological polar surface area (TPSA) is 60.9 Å². The van der Waals surface area contributed by atoms with Crippen molar-refractivity contribution in [1.82, 2.24) is 4.90 Å². The van der Waals surface area contributed by atoms with E-state index in [1.165, 1.54) is 4.90 Å². The molecule has 5 heteroatoms. The molecular formula is C18H18N2O3. The predicted octanol–water partition coefficient (Wildman–Crippen LogP) is 2.58. The summed E-state index contributed by atoms with van der Waals surface area (Å²) < 4.78 is 0. The minimum Gasteiger partial charge on any atom is -0.387 e. The summed E-state index contributed by atoms with van der Waals surface area (Å²) in [5.41, 5.74) is 1.36. The third-order valence-corrected chi connectivity index (χ3v) is 4.02. The van der Waals surface area contributed by atoms with Crippen molar-refractivity contribution in [3.8, 4) is 0 Å². The van der Waals surface area contributed by atoms with Crippen molar-refractivity contribution < 1.29 is 14.7 Å². The molecule has 5 nitrogen and oxygen atoms in total. The van der Waals surface area contributed by atoms with Crippen LogP contribution in [0.3, 0.4) is 0 Å². The van der Waals surface area contributed by atoms with Crippen molar-refractivity contribution in [3.05, 3.63) is 66.2 Å². The first-order valence-corrected chi connectivity index (χ1v) is 7.52. The Morgan fingerprint density at radius 1 is 1.00 bits per heavy atom. The van der Waals surface area contributed by atoms with Crippen LogP contribution in [0.5, 0.6) is 0 Å². The lowest BCUT2D eigenvalue weighted by atomic mass is 10.1. The van der Waals surface area contributed by atoms with E-state index in [-0.39, 0.29) is 12.5 Å². The Morgan fingerprint density at radius 2 is 1.57 bits per heavy atom. The smallest absolute Gasteiger partial charge is 0.332 e. The van der Waals surface area contributed by atoms with E-state index in [4.69, 9.17) is 0 Å². The summed E-state index contributed by atoms with van der Waals surface area (Å²) in [6.45, 7) is 1.65. The highest BCUT2D eigenvalue weighted by atomic mass is 16.3. The molecule has 1 fully saturated rings. The molecule has 118 valence electrons. The number of imide groups is 1. The monoisotopic (exact) mass is 310 g/mol. The van der Waals surface area contributed by atoms with Crippen LogP contribution in [-0.2, 0) is 4.79 Å². The van der Waals surface area contributed by atoms with Gasteiger partial charge in [0.05, 0.1) is 12.6 Å². The summed E-state index contributed by atoms with van der Waals surface area (Å²) in [5.74, 6) is -0.297. The third-order valence-electron chi connectivity index (χ3n) is 4.02. The second-order valence-electron chi connectivity index (χ2n) is 5.54. The fraction of sp³-hybridized carbons (Fsp3) is 0.222. The second-order valence-corrected chi connectivity index (χ2v) is 5.54. The van der Waals surface area contributed by atoms with Gasteiger partial charge in [-0.25, -0.2) is 4.79 Å². The van der Waals surface area contributed by atoms with Crippen molar-refractivity contribution in [3.63, 3.8) is 0 Å². The molecule has 1 saturated heterocycles. The number of aliphatic hydroxyl groups excluding tert-OH is 1. The summed E-state index contributed by atoms with van der Waals surface area (Å²) in [4.78, 5) is 27.6. The van der Waals surface area contributed by atoms with Gasteiger partial charge in [0.25, 0.3) is 5.91 Å². The Hall–Kier alpha value is -2.66. The molecule has 0 aliphatic carbocycles. The molecule has 23 heavy (non-hydrogen) atoms. The van der Waals surface area contributed by atoms with Crippen LogP contribution < -0.4 is 4.90 Å². The van der Waals surface area contributed by atoms with Gasteiger partial charge in [-0.1, -0.05) is 48.5 Å². The first-order chi connectivity index (χ1) is 11.1. The van der Waals surface area contributed by atoms with E-state index >= 15 is 0 Å². The minimum atomic E-state index is -0.896. The third kappa shape index (κ3) is 2.83. The van der Waals surface area contributed by atoms with Crippen LogP contribution in [0.4, 0.5) is 10.5 Å². The van der Waals surface area contributed by atoms with Gasteiger partial charge >= 0.3 is 6.03 Å². The molecule has 0 spiro atoms. The van der Waals surface area contributed by atoms with Crippen molar-refractivity contribution in [1.29, 1.82) is 0 Å². The van der Waals surface area contributed by atoms with Crippen LogP contribution in [0.25, 0.3) is 0 Å². The molecule has 1 heterocycles. The number of anilines is 1. The van der Waals surface area contributed by atoms with Gasteiger partial charge in [-0.2, -0.15) is 0 Å². The maximum atomic E-state index is 12.6. The zero-order valence-corrected chi connectivity index (χ0v) is 12.8. The number of benzene rings is 2. The molecule has 1 N–H and O–H groups in total. The molecule has 1 aliphatic heterocycles. The molecule has 0 bridgehead atoms. The number of rotatable bonds is 4. The zero-order chi connectivity index (χ0) is 16.4. The number of β-amino-alcohol motifs (C(OH)–C–C–N with tert-alkyl or cyclic N) is 1. The highest BCUT2D eigenvalue weighted by molar-refractivity contribution is 6.14. The van der Waals surface area contributed by atoms with Crippen LogP contribution in [0, 0.1) is 0 Å². The molecule has 0 unspecified atom stereocenters. The van der Waals surface area contributed by atoms with Crippen LogP contribution in [0.15, 0.2) is 60.7 Å². The van der Waals surface area contributed by atoms with Gasteiger partial charge in [-0.15, -0.1) is 0 Å². The van der Waals surface area contributed by atoms with Crippen LogP contribution in [-0.4, -0.2) is 34.5 Å². The molecular weight excluding hydrogens is 292 g/mol. The molecule has 2 aromatic rings. The molecule has 0 saturated carbocycles. The largest absolute Gasteiger partial charge is 0.387 e. The molecule has 3 rings (SSSR count). The van der Waals surface area contributed by atoms with Crippen molar-refractivity contribution in [2.75, 3.05) is 11.4 Å². The number of carbonyl (C=O) groups is 2. The number of aliphatic hydroxyl groups is 1. The molecule has 2 atom stereocenters. The molecule has 0 radical (unpaired) electrons. The molecule has 2 aromatic carbocycles. The summed E-state index contributed by atoms with van der Waals surface area (Å²) in [7, 11) is 0. The average Bonchev–Trinajstić information content (AvgIpc) is 2.80. The maximum Gasteiger partial charge on any atom is 0.332 e. The lowest BCUT2D eigenvalue weighted by Crippen LogP contribution is -2.36. The lowest BCUT2D eigenvalue weighted by Gasteiger charge is -2.20. The Morgan fingerprint density at radius 3 is 2.17 bits per heavy atom. The van der Waals surface area contributed by atoms with Gasteiger partial charge in [0.1, 0.15) is 6.04 Å². The van der Waals surface area contributed by atoms with E-state index in [2.05, 4.69) is 0 Å². The highest BCUT2D eigenvalue weighted by Gasteiger charge is 2.43. The number of carbonyl (C=O) groups excluding carboxylic acids is 2. The lowest BCUT2D eigenvalue weighted by molar-refractivity contribution is -0.127. The molecule has 3 amide bonds. The Kier molecular flexibility index (Phi) is 4.12. The SMILES string of the molecule is C[C@H]1C(=O)N(C[C@@H](O)c2ccccc2)C(=O)N1c1ccccc1. The first-order valence-electron chi connectivity index (χ1n) is 7.52.